The SMILES string of the molecule is CCNC(=O)C1(NC(=O)CSc2ccc3c(c2)CCC3)CCCCC1. The van der Waals surface area contributed by atoms with E-state index in [1.54, 1.807) is 11.8 Å². The predicted molar refractivity (Wildman–Crippen MR) is 102 cm³/mol. The number of benzene rings is 1. The molecule has 0 aliphatic heterocycles. The van der Waals surface area contributed by atoms with Crippen LogP contribution in [-0.2, 0) is 22.4 Å². The highest BCUT2D eigenvalue weighted by Gasteiger charge is 2.40. The average Bonchev–Trinajstić information content (AvgIpc) is 3.09. The van der Waals surface area contributed by atoms with Gasteiger partial charge in [-0.15, -0.1) is 11.8 Å². The van der Waals surface area contributed by atoms with E-state index < -0.39 is 5.54 Å². The highest BCUT2D eigenvalue weighted by atomic mass is 32.2. The highest BCUT2D eigenvalue weighted by Crippen LogP contribution is 2.30. The first-order valence-corrected chi connectivity index (χ1v) is 10.5. The van der Waals surface area contributed by atoms with E-state index in [1.807, 2.05) is 6.92 Å². The van der Waals surface area contributed by atoms with Crippen LogP contribution >= 0.6 is 11.8 Å². The van der Waals surface area contributed by atoms with E-state index in [9.17, 15) is 9.59 Å². The standard InChI is InChI=1S/C20H28N2O2S/c1-2-21-19(24)20(11-4-3-5-12-20)22-18(23)14-25-17-10-9-15-7-6-8-16(15)13-17/h9-10,13H,2-8,11-12,14H2,1H3,(H,21,24)(H,22,23). The number of hydrogen-bond donors (Lipinski definition) is 2. The van der Waals surface area contributed by atoms with Crippen molar-refractivity contribution < 1.29 is 9.59 Å². The molecule has 0 radical (unpaired) electrons. The van der Waals surface area contributed by atoms with Crippen LogP contribution in [0.1, 0.15) is 56.6 Å². The van der Waals surface area contributed by atoms with Gasteiger partial charge in [0.05, 0.1) is 5.75 Å². The molecule has 0 heterocycles. The van der Waals surface area contributed by atoms with Gasteiger partial charge >= 0.3 is 0 Å². The van der Waals surface area contributed by atoms with Crippen molar-refractivity contribution in [3.63, 3.8) is 0 Å². The number of carbonyl (C=O) groups is 2. The molecule has 1 aromatic carbocycles. The molecule has 3 rings (SSSR count). The van der Waals surface area contributed by atoms with Gasteiger partial charge in [0.15, 0.2) is 0 Å². The van der Waals surface area contributed by atoms with Crippen LogP contribution in [0.5, 0.6) is 0 Å². The predicted octanol–water partition coefficient (Wildman–Crippen LogP) is 3.22. The van der Waals surface area contributed by atoms with Crippen LogP contribution in [0.15, 0.2) is 23.1 Å². The van der Waals surface area contributed by atoms with Gasteiger partial charge in [0.25, 0.3) is 0 Å². The molecular weight excluding hydrogens is 332 g/mol. The molecule has 0 saturated heterocycles. The first-order valence-electron chi connectivity index (χ1n) is 9.47. The zero-order chi connectivity index (χ0) is 17.7. The summed E-state index contributed by atoms with van der Waals surface area (Å²) in [7, 11) is 0. The number of carbonyl (C=O) groups excluding carboxylic acids is 2. The van der Waals surface area contributed by atoms with Crippen molar-refractivity contribution in [3.8, 4) is 0 Å². The molecule has 0 aromatic heterocycles. The van der Waals surface area contributed by atoms with Gasteiger partial charge in [-0.2, -0.15) is 0 Å². The van der Waals surface area contributed by atoms with E-state index in [1.165, 1.54) is 24.0 Å². The Balaban J connectivity index is 1.59. The lowest BCUT2D eigenvalue weighted by Gasteiger charge is -2.36. The minimum Gasteiger partial charge on any atom is -0.354 e. The molecule has 1 fully saturated rings. The van der Waals surface area contributed by atoms with Crippen LogP contribution in [-0.4, -0.2) is 29.7 Å². The van der Waals surface area contributed by atoms with Crippen LogP contribution < -0.4 is 10.6 Å². The summed E-state index contributed by atoms with van der Waals surface area (Å²) in [5, 5.41) is 5.97. The first-order chi connectivity index (χ1) is 12.1. The van der Waals surface area contributed by atoms with Crippen molar-refractivity contribution in [2.45, 2.75) is 68.7 Å². The van der Waals surface area contributed by atoms with Gasteiger partial charge in [-0.05, 0) is 62.3 Å². The number of likely N-dealkylation sites (N-methyl/N-ethyl adjacent to an activating group) is 1. The van der Waals surface area contributed by atoms with Crippen LogP contribution in [0.3, 0.4) is 0 Å². The largest absolute Gasteiger partial charge is 0.354 e. The molecule has 136 valence electrons. The summed E-state index contributed by atoms with van der Waals surface area (Å²) in [4.78, 5) is 26.2. The van der Waals surface area contributed by atoms with E-state index in [4.69, 9.17) is 0 Å². The molecule has 2 N–H and O–H groups in total. The van der Waals surface area contributed by atoms with Crippen molar-refractivity contribution in [2.75, 3.05) is 12.3 Å². The third-order valence-electron chi connectivity index (χ3n) is 5.30. The van der Waals surface area contributed by atoms with Crippen molar-refractivity contribution in [3.05, 3.63) is 29.3 Å². The van der Waals surface area contributed by atoms with Gasteiger partial charge in [0.2, 0.25) is 11.8 Å². The zero-order valence-electron chi connectivity index (χ0n) is 15.0. The Morgan fingerprint density at radius 3 is 2.60 bits per heavy atom. The Labute approximate surface area is 154 Å². The molecule has 2 amide bonds. The second-order valence-corrected chi connectivity index (χ2v) is 8.17. The molecule has 0 bridgehead atoms. The topological polar surface area (TPSA) is 58.2 Å². The van der Waals surface area contributed by atoms with E-state index in [0.717, 1.165) is 43.4 Å². The molecule has 2 aliphatic carbocycles. The lowest BCUT2D eigenvalue weighted by atomic mass is 9.80. The fourth-order valence-electron chi connectivity index (χ4n) is 3.98. The Bertz CT molecular complexity index is 639. The summed E-state index contributed by atoms with van der Waals surface area (Å²) < 4.78 is 0. The van der Waals surface area contributed by atoms with Crippen LogP contribution in [0.2, 0.25) is 0 Å². The molecule has 0 atom stereocenters. The summed E-state index contributed by atoms with van der Waals surface area (Å²) in [6, 6.07) is 6.53. The summed E-state index contributed by atoms with van der Waals surface area (Å²) in [5.74, 6) is 0.296. The number of thioether (sulfide) groups is 1. The maximum absolute atomic E-state index is 12.5. The Morgan fingerprint density at radius 1 is 1.08 bits per heavy atom. The third-order valence-corrected chi connectivity index (χ3v) is 6.29. The number of hydrogen-bond acceptors (Lipinski definition) is 3. The number of fused-ring (bicyclic) bond motifs is 1. The normalized spacial score (nSPS) is 18.4. The monoisotopic (exact) mass is 360 g/mol. The van der Waals surface area contributed by atoms with Gasteiger partial charge < -0.3 is 10.6 Å². The first kappa shape index (κ1) is 18.3. The third kappa shape index (κ3) is 4.38. The Hall–Kier alpha value is -1.49. The minimum atomic E-state index is -0.705. The lowest BCUT2D eigenvalue weighted by molar-refractivity contribution is -0.134. The number of rotatable bonds is 6. The van der Waals surface area contributed by atoms with Gasteiger partial charge in [-0.3, -0.25) is 9.59 Å². The van der Waals surface area contributed by atoms with E-state index in [0.29, 0.717) is 12.3 Å². The highest BCUT2D eigenvalue weighted by molar-refractivity contribution is 8.00. The molecule has 4 nitrogen and oxygen atoms in total. The second-order valence-electron chi connectivity index (χ2n) is 7.12. The second kappa shape index (κ2) is 8.26. The maximum Gasteiger partial charge on any atom is 0.245 e. The quantitative estimate of drug-likeness (QED) is 0.766. The number of nitrogens with one attached hydrogen (secondary N) is 2. The van der Waals surface area contributed by atoms with Crippen LogP contribution in [0.4, 0.5) is 0 Å². The van der Waals surface area contributed by atoms with Gasteiger partial charge in [0.1, 0.15) is 5.54 Å². The smallest absolute Gasteiger partial charge is 0.245 e. The van der Waals surface area contributed by atoms with E-state index >= 15 is 0 Å². The van der Waals surface area contributed by atoms with Gasteiger partial charge in [-0.1, -0.05) is 25.3 Å². The average molecular weight is 361 g/mol. The van der Waals surface area contributed by atoms with Gasteiger partial charge in [0, 0.05) is 11.4 Å². The van der Waals surface area contributed by atoms with E-state index in [-0.39, 0.29) is 11.8 Å². The fourth-order valence-corrected chi connectivity index (χ4v) is 4.74. The molecule has 5 heteroatoms. The molecule has 2 aliphatic rings. The van der Waals surface area contributed by atoms with Gasteiger partial charge in [-0.25, -0.2) is 0 Å². The molecule has 0 spiro atoms. The number of aryl methyl sites for hydroxylation is 2. The molecule has 25 heavy (non-hydrogen) atoms. The lowest BCUT2D eigenvalue weighted by Crippen LogP contribution is -2.60. The summed E-state index contributed by atoms with van der Waals surface area (Å²) >= 11 is 1.56. The minimum absolute atomic E-state index is 0.0226. The maximum atomic E-state index is 12.5. The number of amides is 2. The van der Waals surface area contributed by atoms with Crippen molar-refractivity contribution in [1.29, 1.82) is 0 Å². The summed E-state index contributed by atoms with van der Waals surface area (Å²) in [6.07, 6.45) is 8.18. The molecule has 1 aromatic rings. The Morgan fingerprint density at radius 2 is 1.84 bits per heavy atom. The molecular formula is C20H28N2O2S. The van der Waals surface area contributed by atoms with E-state index in [2.05, 4.69) is 28.8 Å². The van der Waals surface area contributed by atoms with Crippen LogP contribution in [0, 0.1) is 0 Å². The zero-order valence-corrected chi connectivity index (χ0v) is 15.8. The van der Waals surface area contributed by atoms with Crippen molar-refractivity contribution in [1.82, 2.24) is 10.6 Å². The fraction of sp³-hybridized carbons (Fsp3) is 0.600. The van der Waals surface area contributed by atoms with Crippen molar-refractivity contribution in [2.24, 2.45) is 0 Å². The summed E-state index contributed by atoms with van der Waals surface area (Å²) in [5.41, 5.74) is 2.17. The Kier molecular flexibility index (Phi) is 6.05. The summed E-state index contributed by atoms with van der Waals surface area (Å²) in [6.45, 7) is 2.51. The molecule has 1 saturated carbocycles. The molecule has 0 unspecified atom stereocenters. The van der Waals surface area contributed by atoms with Crippen molar-refractivity contribution >= 4 is 23.6 Å². The van der Waals surface area contributed by atoms with Crippen LogP contribution in [0.25, 0.3) is 0 Å².